The smallest absolute Gasteiger partial charge is 0.355 e. The number of nitrogens with zero attached hydrogens (tertiary/aromatic N) is 2. The van der Waals surface area contributed by atoms with Crippen LogP contribution in [-0.2, 0) is 11.0 Å². The fourth-order valence-corrected chi connectivity index (χ4v) is 3.42. The molecule has 0 aliphatic rings. The molecule has 0 saturated heterocycles. The van der Waals surface area contributed by atoms with Gasteiger partial charge in [-0.25, -0.2) is 4.79 Å². The molecule has 0 saturated carbocycles. The lowest BCUT2D eigenvalue weighted by molar-refractivity contribution is 0.0680. The van der Waals surface area contributed by atoms with Gasteiger partial charge in [0, 0.05) is 0 Å². The average Bonchev–Trinajstić information content (AvgIpc) is 2.65. The largest absolute Gasteiger partial charge is 0.476 e. The summed E-state index contributed by atoms with van der Waals surface area (Å²) >= 11 is 1.96. The van der Waals surface area contributed by atoms with Gasteiger partial charge >= 0.3 is 5.97 Å². The third-order valence-electron chi connectivity index (χ3n) is 3.92. The van der Waals surface area contributed by atoms with Gasteiger partial charge in [-0.2, -0.15) is 0 Å². The van der Waals surface area contributed by atoms with Crippen molar-refractivity contribution in [2.24, 2.45) is 0 Å². The SMILES string of the molecule is CCOc1nn(CCO[Si](C)(C)C(C)(C)C)c(C(=O)O)c1I. The normalized spacial score (nSPS) is 12.5. The van der Waals surface area contributed by atoms with E-state index in [9.17, 15) is 9.90 Å². The van der Waals surface area contributed by atoms with Crippen LogP contribution in [0.3, 0.4) is 0 Å². The summed E-state index contributed by atoms with van der Waals surface area (Å²) in [6.07, 6.45) is 0. The third kappa shape index (κ3) is 4.45. The standard InChI is InChI=1S/C14H25IN2O4Si/c1-7-20-12-10(15)11(13(18)19)17(16-12)8-9-21-22(5,6)14(2,3)4/h7-9H2,1-6H3,(H,18,19). The molecule has 1 N–H and O–H groups in total. The van der Waals surface area contributed by atoms with Gasteiger partial charge in [0.1, 0.15) is 3.57 Å². The number of carbonyl (C=O) groups is 1. The summed E-state index contributed by atoms with van der Waals surface area (Å²) < 4.78 is 13.4. The number of aromatic nitrogens is 2. The van der Waals surface area contributed by atoms with Crippen molar-refractivity contribution in [2.45, 2.75) is 52.4 Å². The highest BCUT2D eigenvalue weighted by Crippen LogP contribution is 2.36. The highest BCUT2D eigenvalue weighted by molar-refractivity contribution is 14.1. The number of halogens is 1. The molecular formula is C14H25IN2O4Si. The Morgan fingerprint density at radius 1 is 1.41 bits per heavy atom. The number of hydrogen-bond acceptors (Lipinski definition) is 4. The second kappa shape index (κ2) is 7.31. The summed E-state index contributed by atoms with van der Waals surface area (Å²) in [7, 11) is -1.85. The van der Waals surface area contributed by atoms with E-state index in [1.54, 1.807) is 0 Å². The lowest BCUT2D eigenvalue weighted by Gasteiger charge is -2.36. The number of ether oxygens (including phenoxy) is 1. The van der Waals surface area contributed by atoms with Crippen molar-refractivity contribution < 1.29 is 19.1 Å². The van der Waals surface area contributed by atoms with Gasteiger partial charge in [0.2, 0.25) is 5.88 Å². The number of carboxylic acids is 1. The zero-order valence-electron chi connectivity index (χ0n) is 14.1. The Kier molecular flexibility index (Phi) is 6.45. The lowest BCUT2D eigenvalue weighted by Crippen LogP contribution is -2.41. The van der Waals surface area contributed by atoms with Crippen LogP contribution in [0.2, 0.25) is 18.1 Å². The van der Waals surface area contributed by atoms with Crippen LogP contribution in [-0.4, -0.2) is 42.4 Å². The van der Waals surface area contributed by atoms with Crippen molar-refractivity contribution >= 4 is 36.9 Å². The van der Waals surface area contributed by atoms with E-state index in [4.69, 9.17) is 9.16 Å². The van der Waals surface area contributed by atoms with Gasteiger partial charge in [-0.15, -0.1) is 5.10 Å². The molecule has 0 aliphatic heterocycles. The Labute approximate surface area is 146 Å². The quantitative estimate of drug-likeness (QED) is 0.518. The molecule has 0 aliphatic carbocycles. The molecule has 1 heterocycles. The van der Waals surface area contributed by atoms with Crippen molar-refractivity contribution in [3.8, 4) is 5.88 Å². The highest BCUT2D eigenvalue weighted by atomic mass is 127. The maximum Gasteiger partial charge on any atom is 0.355 e. The predicted octanol–water partition coefficient (Wildman–Crippen LogP) is 3.61. The van der Waals surface area contributed by atoms with E-state index in [-0.39, 0.29) is 10.7 Å². The molecule has 0 radical (unpaired) electrons. The van der Waals surface area contributed by atoms with Crippen LogP contribution in [0, 0.1) is 3.57 Å². The summed E-state index contributed by atoms with van der Waals surface area (Å²) in [5.74, 6) is -0.636. The molecule has 1 aromatic heterocycles. The van der Waals surface area contributed by atoms with Gasteiger partial charge in [-0.1, -0.05) is 20.8 Å². The van der Waals surface area contributed by atoms with Gasteiger partial charge in [0.15, 0.2) is 14.0 Å². The van der Waals surface area contributed by atoms with Crippen LogP contribution in [0.5, 0.6) is 5.88 Å². The average molecular weight is 440 g/mol. The van der Waals surface area contributed by atoms with Gasteiger partial charge in [-0.3, -0.25) is 4.68 Å². The Balaban J connectivity index is 2.86. The second-order valence-electron chi connectivity index (χ2n) is 6.54. The van der Waals surface area contributed by atoms with Gasteiger partial charge < -0.3 is 14.3 Å². The van der Waals surface area contributed by atoms with E-state index in [0.717, 1.165) is 0 Å². The summed E-state index contributed by atoms with van der Waals surface area (Å²) in [6, 6.07) is 0. The molecule has 0 unspecified atom stereocenters. The molecule has 0 fully saturated rings. The monoisotopic (exact) mass is 440 g/mol. The Hall–Kier alpha value is -0.613. The first-order chi connectivity index (χ1) is 10.0. The molecule has 0 aromatic carbocycles. The fourth-order valence-electron chi connectivity index (χ4n) is 1.62. The molecule has 8 heteroatoms. The molecule has 6 nitrogen and oxygen atoms in total. The second-order valence-corrected chi connectivity index (χ2v) is 12.4. The summed E-state index contributed by atoms with van der Waals surface area (Å²) in [4.78, 5) is 11.4. The Morgan fingerprint density at radius 2 is 2.00 bits per heavy atom. The fraction of sp³-hybridized carbons (Fsp3) is 0.714. The number of rotatable bonds is 7. The van der Waals surface area contributed by atoms with Crippen LogP contribution in [0.25, 0.3) is 0 Å². The number of carboxylic acid groups (broad SMARTS) is 1. The van der Waals surface area contributed by atoms with Crippen molar-refractivity contribution in [1.82, 2.24) is 9.78 Å². The molecule has 0 atom stereocenters. The maximum atomic E-state index is 11.4. The first-order valence-electron chi connectivity index (χ1n) is 7.27. The zero-order valence-corrected chi connectivity index (χ0v) is 17.2. The van der Waals surface area contributed by atoms with Crippen LogP contribution in [0.4, 0.5) is 0 Å². The Bertz CT molecular complexity index is 538. The van der Waals surface area contributed by atoms with Gasteiger partial charge in [0.25, 0.3) is 0 Å². The highest BCUT2D eigenvalue weighted by Gasteiger charge is 2.37. The van der Waals surface area contributed by atoms with E-state index < -0.39 is 14.3 Å². The molecule has 1 aromatic rings. The van der Waals surface area contributed by atoms with Crippen LogP contribution in [0.15, 0.2) is 0 Å². The van der Waals surface area contributed by atoms with E-state index in [0.29, 0.717) is 29.2 Å². The molecule has 22 heavy (non-hydrogen) atoms. The first kappa shape index (κ1) is 19.4. The van der Waals surface area contributed by atoms with Crippen molar-refractivity contribution in [3.63, 3.8) is 0 Å². The number of hydrogen-bond donors (Lipinski definition) is 1. The summed E-state index contributed by atoms with van der Waals surface area (Å²) in [6.45, 7) is 14.0. The Morgan fingerprint density at radius 3 is 2.45 bits per heavy atom. The molecule has 126 valence electrons. The zero-order chi connectivity index (χ0) is 17.1. The van der Waals surface area contributed by atoms with Crippen LogP contribution in [0.1, 0.15) is 38.2 Å². The summed E-state index contributed by atoms with van der Waals surface area (Å²) in [5.41, 5.74) is 0.155. The van der Waals surface area contributed by atoms with Crippen molar-refractivity contribution in [1.29, 1.82) is 0 Å². The molecule has 0 bridgehead atoms. The first-order valence-corrected chi connectivity index (χ1v) is 11.3. The predicted molar refractivity (Wildman–Crippen MR) is 96.2 cm³/mol. The maximum absolute atomic E-state index is 11.4. The molecule has 1 rings (SSSR count). The minimum Gasteiger partial charge on any atom is -0.476 e. The van der Waals surface area contributed by atoms with Crippen LogP contribution < -0.4 is 4.74 Å². The van der Waals surface area contributed by atoms with E-state index in [2.05, 4.69) is 39.0 Å². The molecular weight excluding hydrogens is 415 g/mol. The van der Waals surface area contributed by atoms with Crippen molar-refractivity contribution in [2.75, 3.05) is 13.2 Å². The lowest BCUT2D eigenvalue weighted by atomic mass is 10.2. The van der Waals surface area contributed by atoms with Crippen LogP contribution >= 0.6 is 22.6 Å². The van der Waals surface area contributed by atoms with Crippen molar-refractivity contribution in [3.05, 3.63) is 9.26 Å². The van der Waals surface area contributed by atoms with E-state index >= 15 is 0 Å². The third-order valence-corrected chi connectivity index (χ3v) is 9.43. The van der Waals surface area contributed by atoms with E-state index in [1.165, 1.54) is 4.68 Å². The minimum absolute atomic E-state index is 0.123. The molecule has 0 spiro atoms. The summed E-state index contributed by atoms with van der Waals surface area (Å²) in [5, 5.41) is 13.7. The van der Waals surface area contributed by atoms with Gasteiger partial charge in [0.05, 0.1) is 19.8 Å². The van der Waals surface area contributed by atoms with E-state index in [1.807, 2.05) is 29.5 Å². The number of aromatic carboxylic acids is 1. The topological polar surface area (TPSA) is 73.6 Å². The molecule has 0 amide bonds. The minimum atomic E-state index is -1.85. The van der Waals surface area contributed by atoms with Gasteiger partial charge in [-0.05, 0) is 47.6 Å².